The fourth-order valence-electron chi connectivity index (χ4n) is 3.43. The van der Waals surface area contributed by atoms with Crippen LogP contribution in [0.3, 0.4) is 0 Å². The second kappa shape index (κ2) is 8.00. The number of phenols is 1. The molecule has 1 aromatic heterocycles. The number of nitrogens with one attached hydrogen (secondary N) is 4. The molecular formula is C23H17N5O5. The van der Waals surface area contributed by atoms with Crippen LogP contribution in [0.4, 0.5) is 17.1 Å². The number of H-pyrrole nitrogens is 1. The number of phenolic OH excluding ortho intramolecular Hbond substituents is 1. The van der Waals surface area contributed by atoms with Crippen LogP contribution in [0.2, 0.25) is 0 Å². The molecule has 164 valence electrons. The van der Waals surface area contributed by atoms with Crippen molar-refractivity contribution < 1.29 is 24.2 Å². The molecule has 0 saturated carbocycles. The maximum Gasteiger partial charge on any atom is 0.262 e. The number of amides is 3. The number of imidazole rings is 1. The first-order chi connectivity index (χ1) is 16.0. The Labute approximate surface area is 186 Å². The summed E-state index contributed by atoms with van der Waals surface area (Å²) < 4.78 is 5.35. The van der Waals surface area contributed by atoms with Crippen molar-refractivity contribution in [2.75, 3.05) is 22.6 Å². The summed E-state index contributed by atoms with van der Waals surface area (Å²) >= 11 is 0. The van der Waals surface area contributed by atoms with Crippen LogP contribution in [0, 0.1) is 0 Å². The lowest BCUT2D eigenvalue weighted by molar-refractivity contribution is -0.118. The summed E-state index contributed by atoms with van der Waals surface area (Å²) in [7, 11) is 0. The van der Waals surface area contributed by atoms with E-state index in [1.165, 1.54) is 18.2 Å². The van der Waals surface area contributed by atoms with Gasteiger partial charge in [0.1, 0.15) is 11.5 Å². The van der Waals surface area contributed by atoms with E-state index in [0.29, 0.717) is 28.4 Å². The summed E-state index contributed by atoms with van der Waals surface area (Å²) in [4.78, 5) is 43.9. The number of fused-ring (bicyclic) bond motifs is 2. The second-order valence-corrected chi connectivity index (χ2v) is 7.32. The first-order valence-electron chi connectivity index (χ1n) is 9.92. The highest BCUT2D eigenvalue weighted by Gasteiger charge is 2.18. The molecule has 0 spiro atoms. The Balaban J connectivity index is 1.33. The Kier molecular flexibility index (Phi) is 4.87. The van der Waals surface area contributed by atoms with E-state index < -0.39 is 5.91 Å². The first kappa shape index (κ1) is 20.1. The SMILES string of the molecule is O=C1COc2cc(NC(=O)c3cc(NC(=O)c4ccc5nc[nH]c5c4)ccc3O)ccc2N1. The van der Waals surface area contributed by atoms with Crippen molar-refractivity contribution in [1.29, 1.82) is 0 Å². The summed E-state index contributed by atoms with van der Waals surface area (Å²) in [5.74, 6) is -1.04. The number of aromatic amines is 1. The van der Waals surface area contributed by atoms with Crippen molar-refractivity contribution in [3.05, 3.63) is 72.1 Å². The van der Waals surface area contributed by atoms with E-state index in [1.54, 1.807) is 42.7 Å². The minimum Gasteiger partial charge on any atom is -0.507 e. The molecule has 0 aliphatic carbocycles. The molecule has 1 aliphatic rings. The second-order valence-electron chi connectivity index (χ2n) is 7.32. The van der Waals surface area contributed by atoms with Gasteiger partial charge in [-0.1, -0.05) is 0 Å². The third-order valence-electron chi connectivity index (χ3n) is 5.05. The molecular weight excluding hydrogens is 426 g/mol. The van der Waals surface area contributed by atoms with Gasteiger partial charge in [-0.05, 0) is 48.5 Å². The molecule has 0 radical (unpaired) electrons. The predicted octanol–water partition coefficient (Wildman–Crippen LogP) is 3.10. The number of carbonyl (C=O) groups is 3. The summed E-state index contributed by atoms with van der Waals surface area (Å²) in [6, 6.07) is 14.0. The molecule has 0 atom stereocenters. The third kappa shape index (κ3) is 4.04. The van der Waals surface area contributed by atoms with Gasteiger partial charge in [0.25, 0.3) is 17.7 Å². The fourth-order valence-corrected chi connectivity index (χ4v) is 3.43. The molecule has 1 aliphatic heterocycles. The first-order valence-corrected chi connectivity index (χ1v) is 9.92. The molecule has 0 fully saturated rings. The van der Waals surface area contributed by atoms with E-state index in [1.807, 2.05) is 0 Å². The lowest BCUT2D eigenvalue weighted by atomic mass is 10.1. The third-order valence-corrected chi connectivity index (χ3v) is 5.05. The lowest BCUT2D eigenvalue weighted by Gasteiger charge is -2.18. The minimum atomic E-state index is -0.581. The molecule has 0 bridgehead atoms. The van der Waals surface area contributed by atoms with E-state index in [9.17, 15) is 19.5 Å². The Hall–Kier alpha value is -4.86. The van der Waals surface area contributed by atoms with Crippen LogP contribution in [0.1, 0.15) is 20.7 Å². The zero-order valence-electron chi connectivity index (χ0n) is 17.0. The van der Waals surface area contributed by atoms with Crippen molar-refractivity contribution in [2.45, 2.75) is 0 Å². The maximum absolute atomic E-state index is 12.8. The van der Waals surface area contributed by atoms with Gasteiger partial charge in [-0.25, -0.2) is 4.98 Å². The van der Waals surface area contributed by atoms with E-state index >= 15 is 0 Å². The van der Waals surface area contributed by atoms with Crippen molar-refractivity contribution >= 4 is 45.8 Å². The molecule has 0 saturated heterocycles. The quantitative estimate of drug-likeness (QED) is 0.307. The maximum atomic E-state index is 12.8. The Bertz CT molecular complexity index is 1430. The van der Waals surface area contributed by atoms with Gasteiger partial charge in [0.2, 0.25) is 0 Å². The molecule has 0 unspecified atom stereocenters. The van der Waals surface area contributed by atoms with Crippen molar-refractivity contribution in [2.24, 2.45) is 0 Å². The topological polar surface area (TPSA) is 145 Å². The van der Waals surface area contributed by atoms with Crippen LogP contribution >= 0.6 is 0 Å². The summed E-state index contributed by atoms with van der Waals surface area (Å²) in [6.45, 7) is -0.111. The average Bonchev–Trinajstić information content (AvgIpc) is 3.28. The number of hydrogen-bond acceptors (Lipinski definition) is 6. The Morgan fingerprint density at radius 2 is 1.76 bits per heavy atom. The van der Waals surface area contributed by atoms with E-state index in [4.69, 9.17) is 4.74 Å². The van der Waals surface area contributed by atoms with Crippen LogP contribution in [-0.4, -0.2) is 39.4 Å². The number of ether oxygens (including phenoxy) is 1. The highest BCUT2D eigenvalue weighted by Crippen LogP contribution is 2.31. The number of hydrogen-bond donors (Lipinski definition) is 5. The Morgan fingerprint density at radius 1 is 0.970 bits per heavy atom. The number of nitrogens with zero attached hydrogens (tertiary/aromatic N) is 1. The Morgan fingerprint density at radius 3 is 2.64 bits per heavy atom. The van der Waals surface area contributed by atoms with Crippen molar-refractivity contribution in [1.82, 2.24) is 9.97 Å². The molecule has 10 heteroatoms. The van der Waals surface area contributed by atoms with Gasteiger partial charge in [0, 0.05) is 23.0 Å². The molecule has 3 aromatic carbocycles. The van der Waals surface area contributed by atoms with E-state index in [0.717, 1.165) is 11.0 Å². The zero-order chi connectivity index (χ0) is 22.9. The highest BCUT2D eigenvalue weighted by atomic mass is 16.5. The summed E-state index contributed by atoms with van der Waals surface area (Å²) in [5, 5.41) is 18.3. The van der Waals surface area contributed by atoms with Gasteiger partial charge in [-0.15, -0.1) is 0 Å². The van der Waals surface area contributed by atoms with Crippen LogP contribution < -0.4 is 20.7 Å². The van der Waals surface area contributed by atoms with Gasteiger partial charge >= 0.3 is 0 Å². The average molecular weight is 443 g/mol. The van der Waals surface area contributed by atoms with E-state index in [2.05, 4.69) is 25.9 Å². The van der Waals surface area contributed by atoms with Crippen molar-refractivity contribution in [3.63, 3.8) is 0 Å². The largest absolute Gasteiger partial charge is 0.507 e. The molecule has 3 amide bonds. The van der Waals surface area contributed by atoms with Crippen LogP contribution in [0.15, 0.2) is 60.9 Å². The fraction of sp³-hybridized carbons (Fsp3) is 0.0435. The van der Waals surface area contributed by atoms with Gasteiger partial charge in [0.15, 0.2) is 6.61 Å². The monoisotopic (exact) mass is 443 g/mol. The minimum absolute atomic E-state index is 0.0243. The number of rotatable bonds is 4. The molecule has 5 N–H and O–H groups in total. The molecule has 2 heterocycles. The number of aromatic hydroxyl groups is 1. The normalized spacial score (nSPS) is 12.4. The summed E-state index contributed by atoms with van der Waals surface area (Å²) in [6.07, 6.45) is 1.54. The number of carbonyl (C=O) groups excluding carboxylic acids is 3. The van der Waals surface area contributed by atoms with Gasteiger partial charge in [0.05, 0.1) is 28.6 Å². The number of aromatic nitrogens is 2. The molecule has 33 heavy (non-hydrogen) atoms. The van der Waals surface area contributed by atoms with Crippen LogP contribution in [0.5, 0.6) is 11.5 Å². The zero-order valence-corrected chi connectivity index (χ0v) is 17.0. The van der Waals surface area contributed by atoms with Crippen molar-refractivity contribution in [3.8, 4) is 11.5 Å². The van der Waals surface area contributed by atoms with Gasteiger partial charge in [-0.2, -0.15) is 0 Å². The summed E-state index contributed by atoms with van der Waals surface area (Å²) in [5.41, 5.74) is 3.11. The molecule has 5 rings (SSSR count). The highest BCUT2D eigenvalue weighted by molar-refractivity contribution is 6.09. The standard InChI is InChI=1S/C23H17N5O5/c29-19-6-3-13(26-22(31)12-1-4-16-18(7-12)25-11-24-16)8-15(19)23(32)27-14-2-5-17-20(9-14)33-10-21(30)28-17/h1-9,11,29H,10H2,(H,24,25)(H,26,31)(H,27,32)(H,28,30). The molecule has 10 nitrogen and oxygen atoms in total. The van der Waals surface area contributed by atoms with E-state index in [-0.39, 0.29) is 29.7 Å². The number of anilines is 3. The van der Waals surface area contributed by atoms with Gasteiger partial charge in [-0.3, -0.25) is 14.4 Å². The predicted molar refractivity (Wildman–Crippen MR) is 121 cm³/mol. The number of benzene rings is 3. The van der Waals surface area contributed by atoms with Crippen LogP contribution in [-0.2, 0) is 4.79 Å². The lowest BCUT2D eigenvalue weighted by Crippen LogP contribution is -2.25. The smallest absolute Gasteiger partial charge is 0.262 e. The molecule has 4 aromatic rings. The van der Waals surface area contributed by atoms with Gasteiger partial charge < -0.3 is 30.8 Å². The van der Waals surface area contributed by atoms with Crippen LogP contribution in [0.25, 0.3) is 11.0 Å².